The van der Waals surface area contributed by atoms with Crippen molar-refractivity contribution in [2.75, 3.05) is 7.11 Å². The molecule has 0 fully saturated rings. The van der Waals surface area contributed by atoms with Crippen LogP contribution in [0.3, 0.4) is 0 Å². The fourth-order valence-corrected chi connectivity index (χ4v) is 1.95. The molecule has 1 rings (SSSR count). The Hall–Kier alpha value is -1.77. The molecule has 0 aliphatic heterocycles. The van der Waals surface area contributed by atoms with Crippen LogP contribution in [0, 0.1) is 10.1 Å². The summed E-state index contributed by atoms with van der Waals surface area (Å²) in [6.45, 7) is -3.16. The van der Waals surface area contributed by atoms with E-state index < -0.39 is 28.9 Å². The first-order chi connectivity index (χ1) is 8.90. The second-order valence-electron chi connectivity index (χ2n) is 3.23. The van der Waals surface area contributed by atoms with Gasteiger partial charge in [0.05, 0.1) is 23.7 Å². The Kier molecular flexibility index (Phi) is 5.16. The van der Waals surface area contributed by atoms with Crippen molar-refractivity contribution in [1.82, 2.24) is 0 Å². The third-order valence-electron chi connectivity index (χ3n) is 2.16. The summed E-state index contributed by atoms with van der Waals surface area (Å²) in [6.07, 6.45) is 0. The average Bonchev–Trinajstić information content (AvgIpc) is 2.35. The zero-order chi connectivity index (χ0) is 14.6. The number of nitro groups is 1. The van der Waals surface area contributed by atoms with Gasteiger partial charge in [0.15, 0.2) is 0 Å². The molecule has 0 radical (unpaired) electrons. The summed E-state index contributed by atoms with van der Waals surface area (Å²) in [6, 6.07) is 1.77. The van der Waals surface area contributed by atoms with Crippen LogP contribution in [-0.2, 0) is 10.1 Å². The van der Waals surface area contributed by atoms with Gasteiger partial charge in [-0.25, -0.2) is 4.79 Å². The molecule has 6 nitrogen and oxygen atoms in total. The molecule has 0 spiro atoms. The normalized spacial score (nSPS) is 10.4. The maximum Gasteiger partial charge on any atom is 0.387 e. The first kappa shape index (κ1) is 15.3. The van der Waals surface area contributed by atoms with E-state index in [1.807, 2.05) is 0 Å². The molecule has 104 valence electrons. The second kappa shape index (κ2) is 6.41. The van der Waals surface area contributed by atoms with Gasteiger partial charge in [-0.3, -0.25) is 10.1 Å². The number of carbonyl (C=O) groups is 1. The highest BCUT2D eigenvalue weighted by atomic mass is 79.9. The van der Waals surface area contributed by atoms with Gasteiger partial charge in [-0.15, -0.1) is 0 Å². The van der Waals surface area contributed by atoms with E-state index in [-0.39, 0.29) is 16.5 Å². The quantitative estimate of drug-likeness (QED) is 0.356. The van der Waals surface area contributed by atoms with Crippen LogP contribution in [0.2, 0.25) is 0 Å². The minimum absolute atomic E-state index is 0.00250. The predicted octanol–water partition coefficient (Wildman–Crippen LogP) is 2.88. The van der Waals surface area contributed by atoms with Crippen molar-refractivity contribution < 1.29 is 28.0 Å². The van der Waals surface area contributed by atoms with E-state index in [1.54, 1.807) is 0 Å². The Morgan fingerprint density at radius 1 is 1.53 bits per heavy atom. The summed E-state index contributed by atoms with van der Waals surface area (Å²) in [5.74, 6) is -1.32. The number of rotatable bonds is 5. The molecule has 19 heavy (non-hydrogen) atoms. The van der Waals surface area contributed by atoms with E-state index in [2.05, 4.69) is 25.4 Å². The van der Waals surface area contributed by atoms with Gasteiger partial charge in [0.2, 0.25) is 0 Å². The summed E-state index contributed by atoms with van der Waals surface area (Å²) in [5, 5.41) is 10.7. The smallest absolute Gasteiger partial charge is 0.387 e. The van der Waals surface area contributed by atoms with Gasteiger partial charge >= 0.3 is 12.6 Å². The van der Waals surface area contributed by atoms with Crippen LogP contribution in [0.4, 0.5) is 14.5 Å². The van der Waals surface area contributed by atoms with Crippen molar-refractivity contribution in [3.63, 3.8) is 0 Å². The van der Waals surface area contributed by atoms with Crippen LogP contribution < -0.4 is 4.74 Å². The lowest BCUT2D eigenvalue weighted by molar-refractivity contribution is -0.385. The van der Waals surface area contributed by atoms with Crippen LogP contribution >= 0.6 is 15.9 Å². The molecule has 0 N–H and O–H groups in total. The summed E-state index contributed by atoms with van der Waals surface area (Å²) >= 11 is 3.01. The lowest BCUT2D eigenvalue weighted by Crippen LogP contribution is -2.10. The fourth-order valence-electron chi connectivity index (χ4n) is 1.37. The first-order valence-electron chi connectivity index (χ1n) is 4.81. The molecule has 0 aliphatic rings. The highest BCUT2D eigenvalue weighted by molar-refractivity contribution is 9.08. The number of nitrogens with zero attached hydrogens (tertiary/aromatic N) is 1. The number of alkyl halides is 3. The highest BCUT2D eigenvalue weighted by Gasteiger charge is 2.23. The van der Waals surface area contributed by atoms with Gasteiger partial charge in [-0.1, -0.05) is 15.9 Å². The van der Waals surface area contributed by atoms with Crippen LogP contribution in [0.25, 0.3) is 0 Å². The summed E-state index contributed by atoms with van der Waals surface area (Å²) in [5.41, 5.74) is -0.692. The molecule has 1 aromatic carbocycles. The van der Waals surface area contributed by atoms with E-state index in [0.717, 1.165) is 19.2 Å². The standard InChI is InChI=1S/C10H8BrF2NO5/c1-18-9(15)6-2-5(14(16)17)3-8(7(6)4-11)19-10(12)13/h2-3,10H,4H2,1H3. The predicted molar refractivity (Wildman–Crippen MR) is 63.7 cm³/mol. The topological polar surface area (TPSA) is 78.7 Å². The Balaban J connectivity index is 3.46. The molecule has 0 aromatic heterocycles. The average molecular weight is 340 g/mol. The number of carbonyl (C=O) groups excluding carboxylic acids is 1. The largest absolute Gasteiger partial charge is 0.465 e. The molecule has 0 aliphatic carbocycles. The minimum atomic E-state index is -3.16. The van der Waals surface area contributed by atoms with Crippen molar-refractivity contribution >= 4 is 27.6 Å². The molecule has 1 aromatic rings. The van der Waals surface area contributed by atoms with Gasteiger partial charge in [-0.05, 0) is 0 Å². The van der Waals surface area contributed by atoms with E-state index in [4.69, 9.17) is 0 Å². The number of hydrogen-bond acceptors (Lipinski definition) is 5. The summed E-state index contributed by atoms with van der Waals surface area (Å²) in [7, 11) is 1.08. The van der Waals surface area contributed by atoms with Crippen LogP contribution in [-0.4, -0.2) is 24.6 Å². The molecule has 0 unspecified atom stereocenters. The third-order valence-corrected chi connectivity index (χ3v) is 2.72. The monoisotopic (exact) mass is 339 g/mol. The van der Waals surface area contributed by atoms with Crippen molar-refractivity contribution in [2.24, 2.45) is 0 Å². The zero-order valence-corrected chi connectivity index (χ0v) is 11.1. The lowest BCUT2D eigenvalue weighted by Gasteiger charge is -2.12. The van der Waals surface area contributed by atoms with Gasteiger partial charge in [0.25, 0.3) is 5.69 Å². The van der Waals surface area contributed by atoms with Crippen LogP contribution in [0.5, 0.6) is 5.75 Å². The molecule has 9 heteroatoms. The second-order valence-corrected chi connectivity index (χ2v) is 3.79. The van der Waals surface area contributed by atoms with Crippen LogP contribution in [0.15, 0.2) is 12.1 Å². The number of halogens is 3. The number of hydrogen-bond donors (Lipinski definition) is 0. The Labute approximate surface area is 114 Å². The van der Waals surface area contributed by atoms with Crippen molar-refractivity contribution in [3.05, 3.63) is 33.4 Å². The number of benzene rings is 1. The number of methoxy groups -OCH3 is 1. The van der Waals surface area contributed by atoms with Crippen LogP contribution in [0.1, 0.15) is 15.9 Å². The minimum Gasteiger partial charge on any atom is -0.465 e. The molecular weight excluding hydrogens is 332 g/mol. The van der Waals surface area contributed by atoms with E-state index in [1.165, 1.54) is 0 Å². The molecule has 0 atom stereocenters. The number of nitro benzene ring substituents is 1. The van der Waals surface area contributed by atoms with Crippen molar-refractivity contribution in [3.8, 4) is 5.75 Å². The van der Waals surface area contributed by atoms with Gasteiger partial charge in [0.1, 0.15) is 5.75 Å². The number of esters is 1. The summed E-state index contributed by atoms with van der Waals surface area (Å²) < 4.78 is 33.2. The van der Waals surface area contributed by atoms with Crippen molar-refractivity contribution in [2.45, 2.75) is 11.9 Å². The number of non-ortho nitro benzene ring substituents is 1. The Morgan fingerprint density at radius 3 is 2.58 bits per heavy atom. The van der Waals surface area contributed by atoms with Gasteiger partial charge < -0.3 is 9.47 Å². The SMILES string of the molecule is COC(=O)c1cc([N+](=O)[O-])cc(OC(F)F)c1CBr. The number of ether oxygens (including phenoxy) is 2. The molecule has 0 saturated carbocycles. The molecule has 0 bridgehead atoms. The van der Waals surface area contributed by atoms with E-state index in [0.29, 0.717) is 0 Å². The molecular formula is C10H8BrF2NO5. The first-order valence-corrected chi connectivity index (χ1v) is 5.93. The summed E-state index contributed by atoms with van der Waals surface area (Å²) in [4.78, 5) is 21.4. The zero-order valence-electron chi connectivity index (χ0n) is 9.56. The maximum absolute atomic E-state index is 12.3. The Morgan fingerprint density at radius 2 is 2.16 bits per heavy atom. The maximum atomic E-state index is 12.3. The fraction of sp³-hybridized carbons (Fsp3) is 0.300. The van der Waals surface area contributed by atoms with E-state index in [9.17, 15) is 23.7 Å². The van der Waals surface area contributed by atoms with Gasteiger partial charge in [-0.2, -0.15) is 8.78 Å². The molecule has 0 heterocycles. The van der Waals surface area contributed by atoms with Gasteiger partial charge in [0, 0.05) is 17.0 Å². The highest BCUT2D eigenvalue weighted by Crippen LogP contribution is 2.32. The lowest BCUT2D eigenvalue weighted by atomic mass is 10.1. The Bertz CT molecular complexity index is 509. The third kappa shape index (κ3) is 3.60. The van der Waals surface area contributed by atoms with E-state index >= 15 is 0 Å². The molecule has 0 amide bonds. The molecule has 0 saturated heterocycles. The van der Waals surface area contributed by atoms with Crippen molar-refractivity contribution in [1.29, 1.82) is 0 Å².